The summed E-state index contributed by atoms with van der Waals surface area (Å²) >= 11 is 0. The maximum Gasteiger partial charge on any atom is 0.335 e. The van der Waals surface area contributed by atoms with Gasteiger partial charge in [0.05, 0.1) is 6.20 Å². The zero-order valence-corrected chi connectivity index (χ0v) is 11.8. The van der Waals surface area contributed by atoms with Crippen LogP contribution in [0, 0.1) is 0 Å². The highest BCUT2D eigenvalue weighted by Gasteiger charge is 2.04. The lowest BCUT2D eigenvalue weighted by molar-refractivity contribution is 0.0973. The zero-order chi connectivity index (χ0) is 13.4. The number of amides is 3. The Morgan fingerprint density at radius 1 is 1.35 bits per heavy atom. The number of carbonyl (C=O) groups is 2. The Kier molecular flexibility index (Phi) is 10.7. The first-order chi connectivity index (χ1) is 8.59. The third-order valence-corrected chi connectivity index (χ3v) is 1.64. The number of hydrazone groups is 1. The zero-order valence-electron chi connectivity index (χ0n) is 11.0. The molecule has 0 saturated heterocycles. The molecule has 0 radical (unpaired) electrons. The fourth-order valence-electron chi connectivity index (χ4n) is 0.967. The van der Waals surface area contributed by atoms with Crippen molar-refractivity contribution >= 4 is 30.7 Å². The normalized spacial score (nSPS) is 9.35. The largest absolute Gasteiger partial charge is 0.412 e. The van der Waals surface area contributed by atoms with E-state index in [4.69, 9.17) is 0 Å². The summed E-state index contributed by atoms with van der Waals surface area (Å²) in [6, 6.07) is -0.440. The van der Waals surface area contributed by atoms with Crippen molar-refractivity contribution < 1.29 is 15.1 Å². The third kappa shape index (κ3) is 7.95. The predicted molar refractivity (Wildman–Crippen MR) is 75.7 cm³/mol. The van der Waals surface area contributed by atoms with Crippen LogP contribution in [0.3, 0.4) is 0 Å². The summed E-state index contributed by atoms with van der Waals surface area (Å²) in [7, 11) is 0. The molecule has 10 heteroatoms. The molecule has 0 unspecified atom stereocenters. The molecule has 112 valence electrons. The highest BCUT2D eigenvalue weighted by Crippen LogP contribution is 1.87. The van der Waals surface area contributed by atoms with Gasteiger partial charge >= 0.3 is 6.03 Å². The third-order valence-electron chi connectivity index (χ3n) is 1.64. The first kappa shape index (κ1) is 20.1. The Balaban J connectivity index is 0. The van der Waals surface area contributed by atoms with Crippen LogP contribution < -0.4 is 16.1 Å². The number of nitrogens with zero attached hydrogens (tertiary/aromatic N) is 3. The van der Waals surface area contributed by atoms with Gasteiger partial charge in [-0.2, -0.15) is 5.10 Å². The van der Waals surface area contributed by atoms with Gasteiger partial charge in [-0.25, -0.2) is 15.2 Å². The summed E-state index contributed by atoms with van der Waals surface area (Å²) in [5.74, 6) is -0.460. The molecule has 0 aliphatic rings. The first-order valence-electron chi connectivity index (χ1n) is 5.24. The van der Waals surface area contributed by atoms with Crippen LogP contribution in [0.15, 0.2) is 23.7 Å². The molecule has 1 rings (SSSR count). The maximum atomic E-state index is 11.4. The molecule has 0 saturated carbocycles. The van der Waals surface area contributed by atoms with Gasteiger partial charge in [0.1, 0.15) is 12.0 Å². The second kappa shape index (κ2) is 10.6. The van der Waals surface area contributed by atoms with Crippen molar-refractivity contribution in [1.29, 1.82) is 0 Å². The molecule has 5 N–H and O–H groups in total. The Morgan fingerprint density at radius 3 is 2.60 bits per heavy atom. The number of urea groups is 1. The Labute approximate surface area is 122 Å². The molecule has 0 fully saturated rings. The van der Waals surface area contributed by atoms with E-state index in [9.17, 15) is 9.59 Å². The smallest absolute Gasteiger partial charge is 0.335 e. The molecule has 9 nitrogen and oxygen atoms in total. The molecule has 3 amide bonds. The average molecular weight is 305 g/mol. The molecule has 0 spiro atoms. The molecule has 0 aliphatic heterocycles. The average Bonchev–Trinajstić information content (AvgIpc) is 2.34. The number of hydrogen-bond donors (Lipinski definition) is 3. The molecular weight excluding hydrogens is 288 g/mol. The molecule has 20 heavy (non-hydrogen) atoms. The van der Waals surface area contributed by atoms with Gasteiger partial charge in [-0.05, 0) is 13.8 Å². The first-order valence-corrected chi connectivity index (χ1v) is 5.24. The summed E-state index contributed by atoms with van der Waals surface area (Å²) in [4.78, 5) is 30.1. The van der Waals surface area contributed by atoms with Gasteiger partial charge in [0, 0.05) is 18.4 Å². The minimum atomic E-state index is -0.460. The quantitative estimate of drug-likeness (QED) is 0.390. The van der Waals surface area contributed by atoms with Crippen molar-refractivity contribution in [3.8, 4) is 0 Å². The second-order valence-electron chi connectivity index (χ2n) is 3.56. The van der Waals surface area contributed by atoms with E-state index in [1.54, 1.807) is 0 Å². The van der Waals surface area contributed by atoms with E-state index < -0.39 is 11.9 Å². The van der Waals surface area contributed by atoms with Crippen molar-refractivity contribution in [3.63, 3.8) is 0 Å². The van der Waals surface area contributed by atoms with Gasteiger partial charge in [0.2, 0.25) is 0 Å². The molecule has 0 atom stereocenters. The lowest BCUT2D eigenvalue weighted by Gasteiger charge is -2.06. The van der Waals surface area contributed by atoms with Crippen molar-refractivity contribution in [2.45, 2.75) is 19.9 Å². The monoisotopic (exact) mass is 304 g/mol. The van der Waals surface area contributed by atoms with Crippen LogP contribution >= 0.6 is 12.4 Å². The van der Waals surface area contributed by atoms with Crippen molar-refractivity contribution in [2.75, 3.05) is 0 Å². The minimum absolute atomic E-state index is 0. The summed E-state index contributed by atoms with van der Waals surface area (Å²) < 4.78 is 0. The van der Waals surface area contributed by atoms with Crippen molar-refractivity contribution in [3.05, 3.63) is 24.3 Å². The molecule has 0 aromatic carbocycles. The molecule has 1 heterocycles. The highest BCUT2D eigenvalue weighted by atomic mass is 35.5. The summed E-state index contributed by atoms with van der Waals surface area (Å²) in [5, 5.41) is 8.42. The number of rotatable bonds is 4. The number of carbonyl (C=O) groups excluding carboxylic acids is 2. The predicted octanol–water partition coefficient (Wildman–Crippen LogP) is -0.546. The lowest BCUT2D eigenvalue weighted by atomic mass is 10.4. The van der Waals surface area contributed by atoms with Crippen LogP contribution in [-0.2, 0) is 0 Å². The minimum Gasteiger partial charge on any atom is -0.412 e. The SMILES string of the molecule is CC(C)NC(=O)NN=CNC(=O)c1cnccn1.Cl.O. The van der Waals surface area contributed by atoms with Crippen molar-refractivity contribution in [1.82, 2.24) is 26.0 Å². The van der Waals surface area contributed by atoms with E-state index in [0.717, 1.165) is 6.34 Å². The molecule has 0 aliphatic carbocycles. The maximum absolute atomic E-state index is 11.4. The summed E-state index contributed by atoms with van der Waals surface area (Å²) in [5.41, 5.74) is 2.35. The number of hydrogen-bond acceptors (Lipinski definition) is 5. The topological polar surface area (TPSA) is 140 Å². The fraction of sp³-hybridized carbons (Fsp3) is 0.300. The van der Waals surface area contributed by atoms with Gasteiger partial charge in [0.25, 0.3) is 5.91 Å². The molecule has 1 aromatic heterocycles. The van der Waals surface area contributed by atoms with Crippen LogP contribution in [0.4, 0.5) is 4.79 Å². The molecular formula is C10H17ClN6O3. The number of nitrogens with one attached hydrogen (secondary N) is 3. The summed E-state index contributed by atoms with van der Waals surface area (Å²) in [6.07, 6.45) is 5.25. The summed E-state index contributed by atoms with van der Waals surface area (Å²) in [6.45, 7) is 3.64. The van der Waals surface area contributed by atoms with Gasteiger partial charge in [-0.3, -0.25) is 9.78 Å². The molecule has 0 bridgehead atoms. The number of halogens is 1. The lowest BCUT2D eigenvalue weighted by Crippen LogP contribution is -2.37. The van der Waals surface area contributed by atoms with Crippen LogP contribution in [0.25, 0.3) is 0 Å². The van der Waals surface area contributed by atoms with Crippen LogP contribution in [0.5, 0.6) is 0 Å². The van der Waals surface area contributed by atoms with E-state index >= 15 is 0 Å². The van der Waals surface area contributed by atoms with Gasteiger partial charge in [0.15, 0.2) is 0 Å². The van der Waals surface area contributed by atoms with E-state index in [2.05, 4.69) is 31.1 Å². The van der Waals surface area contributed by atoms with E-state index in [1.165, 1.54) is 18.6 Å². The van der Waals surface area contributed by atoms with Gasteiger partial charge in [-0.15, -0.1) is 12.4 Å². The van der Waals surface area contributed by atoms with E-state index in [-0.39, 0.29) is 29.6 Å². The highest BCUT2D eigenvalue weighted by molar-refractivity contribution is 5.98. The second-order valence-corrected chi connectivity index (χ2v) is 3.56. The van der Waals surface area contributed by atoms with Crippen LogP contribution in [0.2, 0.25) is 0 Å². The van der Waals surface area contributed by atoms with Crippen LogP contribution in [0.1, 0.15) is 24.3 Å². The standard InChI is InChI=1S/C10H14N6O2.ClH.H2O/c1-7(2)15-10(18)16-14-6-13-9(17)8-5-11-3-4-12-8;;/h3-7H,1-2H3,(H,13,14,17)(H2,15,16,18);1H;1H2. The van der Waals surface area contributed by atoms with E-state index in [0.29, 0.717) is 0 Å². The van der Waals surface area contributed by atoms with E-state index in [1.807, 2.05) is 13.8 Å². The van der Waals surface area contributed by atoms with Crippen molar-refractivity contribution in [2.24, 2.45) is 5.10 Å². The Morgan fingerprint density at radius 2 is 2.05 bits per heavy atom. The van der Waals surface area contributed by atoms with Gasteiger partial charge < -0.3 is 16.1 Å². The Bertz CT molecular complexity index is 440. The molecule has 1 aromatic rings. The van der Waals surface area contributed by atoms with Gasteiger partial charge in [-0.1, -0.05) is 0 Å². The van der Waals surface area contributed by atoms with Crippen LogP contribution in [-0.4, -0.2) is 39.8 Å². The number of aromatic nitrogens is 2. The Hall–Kier alpha value is -2.26. The fourth-order valence-corrected chi connectivity index (χ4v) is 0.967.